The minimum absolute atomic E-state index is 0.0132. The minimum Gasteiger partial charge on any atom is -0.394 e. The third-order valence-electron chi connectivity index (χ3n) is 8.49. The van der Waals surface area contributed by atoms with Gasteiger partial charge in [0.1, 0.15) is 21.4 Å². The van der Waals surface area contributed by atoms with Crippen LogP contribution in [-0.4, -0.2) is 112 Å². The van der Waals surface area contributed by atoms with Gasteiger partial charge in [-0.05, 0) is 35.6 Å². The number of aliphatic hydroxyl groups is 2. The summed E-state index contributed by atoms with van der Waals surface area (Å²) in [5.74, 6) is 4.09. The van der Waals surface area contributed by atoms with E-state index < -0.39 is 21.6 Å². The molecule has 2 unspecified atom stereocenters. The fourth-order valence-corrected chi connectivity index (χ4v) is 8.41. The predicted molar refractivity (Wildman–Crippen MR) is 189 cm³/mol. The Balaban J connectivity index is 0.000000214. The van der Waals surface area contributed by atoms with Crippen LogP contribution in [0.4, 0.5) is 23.4 Å². The van der Waals surface area contributed by atoms with E-state index in [1.54, 1.807) is 6.07 Å². The summed E-state index contributed by atoms with van der Waals surface area (Å²) in [7, 11) is -2.19. The van der Waals surface area contributed by atoms with Gasteiger partial charge in [0.05, 0.1) is 58.3 Å². The Bertz CT molecular complexity index is 1630. The van der Waals surface area contributed by atoms with Crippen molar-refractivity contribution in [2.45, 2.75) is 62.4 Å². The number of anilines is 4. The molecule has 3 aliphatic heterocycles. The van der Waals surface area contributed by atoms with Crippen molar-refractivity contribution >= 4 is 68.2 Å². The number of nitrogens with one attached hydrogen (secondary N) is 2. The van der Waals surface area contributed by atoms with Gasteiger partial charge in [-0.1, -0.05) is 39.3 Å². The Morgan fingerprint density at radius 1 is 0.750 bits per heavy atom. The Kier molecular flexibility index (Phi) is 12.4. The van der Waals surface area contributed by atoms with Gasteiger partial charge >= 0.3 is 0 Å². The van der Waals surface area contributed by atoms with Gasteiger partial charge in [0.15, 0.2) is 11.0 Å². The van der Waals surface area contributed by atoms with E-state index in [9.17, 15) is 18.6 Å². The van der Waals surface area contributed by atoms with Crippen molar-refractivity contribution in [2.75, 3.05) is 71.3 Å². The van der Waals surface area contributed by atoms with E-state index in [-0.39, 0.29) is 42.4 Å². The average Bonchev–Trinajstić information content (AvgIpc) is 3.64. The largest absolute Gasteiger partial charge is 0.394 e. The molecule has 14 nitrogen and oxygen atoms in total. The number of fused-ring (bicyclic) bond motifs is 2. The number of piperazine rings is 1. The van der Waals surface area contributed by atoms with Crippen molar-refractivity contribution in [3.63, 3.8) is 0 Å². The zero-order valence-electron chi connectivity index (χ0n) is 27.4. The molecule has 3 aromatic heterocycles. The van der Waals surface area contributed by atoms with E-state index >= 15 is 0 Å². The lowest BCUT2D eigenvalue weighted by Crippen LogP contribution is -2.47. The topological polar surface area (TPSA) is 182 Å². The standard InChI is InChI=1S/C19H26ClN7O2S.C11H16ClN3O2S/c1-12(2)14(11-28)21-18-17-13(5-10-30(17)29)22-19(23-18)27-8-6-26(7-9-27)16-4-3-15(20)24-25-16;1-6(2)8(5-16)13-10-9-7(3-4-18(9)17)14-11(12)15-10/h3-4,12,14,28H,5-11H2,1-2H3,(H,21,22,23);6,8,16H,3-5H2,1-2H3,(H,13,14,15)/t14-,30?;8-,18?/m00/s1. The Morgan fingerprint density at radius 2 is 1.27 bits per heavy atom. The van der Waals surface area contributed by atoms with E-state index in [4.69, 9.17) is 33.2 Å². The highest BCUT2D eigenvalue weighted by Crippen LogP contribution is 2.32. The van der Waals surface area contributed by atoms with Gasteiger partial charge in [-0.2, -0.15) is 9.97 Å². The summed E-state index contributed by atoms with van der Waals surface area (Å²) < 4.78 is 24.4. The first-order valence-electron chi connectivity index (χ1n) is 16.0. The summed E-state index contributed by atoms with van der Waals surface area (Å²) in [6.07, 6.45) is 1.34. The molecule has 0 bridgehead atoms. The molecule has 0 saturated carbocycles. The second kappa shape index (κ2) is 16.3. The maximum atomic E-state index is 12.5. The van der Waals surface area contributed by atoms with Crippen LogP contribution in [0.15, 0.2) is 21.9 Å². The molecular formula is C30H42Cl2N10O4S2. The average molecular weight is 742 g/mol. The van der Waals surface area contributed by atoms with Crippen molar-refractivity contribution < 1.29 is 18.6 Å². The molecule has 3 aromatic rings. The summed E-state index contributed by atoms with van der Waals surface area (Å²) in [4.78, 5) is 23.3. The lowest BCUT2D eigenvalue weighted by molar-refractivity contribution is 0.248. The molecule has 3 aliphatic rings. The second-order valence-corrected chi connectivity index (χ2v) is 16.1. The number of nitrogens with zero attached hydrogens (tertiary/aromatic N) is 8. The minimum atomic E-state index is -1.11. The van der Waals surface area contributed by atoms with Crippen LogP contribution in [0.25, 0.3) is 0 Å². The molecule has 4 N–H and O–H groups in total. The van der Waals surface area contributed by atoms with Gasteiger partial charge < -0.3 is 30.6 Å². The van der Waals surface area contributed by atoms with Crippen molar-refractivity contribution in [3.05, 3.63) is 34.0 Å². The molecular weight excluding hydrogens is 699 g/mol. The highest BCUT2D eigenvalue weighted by Gasteiger charge is 2.30. The van der Waals surface area contributed by atoms with Gasteiger partial charge in [-0.15, -0.1) is 10.2 Å². The molecule has 48 heavy (non-hydrogen) atoms. The lowest BCUT2D eigenvalue weighted by atomic mass is 10.1. The van der Waals surface area contributed by atoms with Crippen molar-refractivity contribution in [2.24, 2.45) is 11.8 Å². The normalized spacial score (nSPS) is 19.9. The van der Waals surface area contributed by atoms with Crippen molar-refractivity contribution in [1.82, 2.24) is 30.1 Å². The smallest absolute Gasteiger partial charge is 0.227 e. The Hall–Kier alpha value is -2.76. The fraction of sp³-hybridized carbons (Fsp3) is 0.600. The molecule has 0 aliphatic carbocycles. The van der Waals surface area contributed by atoms with Crippen LogP contribution in [0.5, 0.6) is 0 Å². The van der Waals surface area contributed by atoms with E-state index in [0.29, 0.717) is 56.9 Å². The van der Waals surface area contributed by atoms with Crippen molar-refractivity contribution in [3.8, 4) is 0 Å². The third kappa shape index (κ3) is 8.51. The quantitative estimate of drug-likeness (QED) is 0.223. The number of rotatable bonds is 10. The molecule has 6 rings (SSSR count). The van der Waals surface area contributed by atoms with Crippen LogP contribution in [0.1, 0.15) is 39.1 Å². The highest BCUT2D eigenvalue weighted by atomic mass is 35.5. The molecule has 0 amide bonds. The van der Waals surface area contributed by atoms with E-state index in [2.05, 4.69) is 40.6 Å². The summed E-state index contributed by atoms with van der Waals surface area (Å²) in [5.41, 5.74) is 1.59. The van der Waals surface area contributed by atoms with Crippen LogP contribution in [0.3, 0.4) is 0 Å². The van der Waals surface area contributed by atoms with Crippen LogP contribution >= 0.6 is 23.2 Å². The summed E-state index contributed by atoms with van der Waals surface area (Å²) in [6.45, 7) is 11.0. The first kappa shape index (κ1) is 36.5. The summed E-state index contributed by atoms with van der Waals surface area (Å²) >= 11 is 11.7. The van der Waals surface area contributed by atoms with Gasteiger partial charge in [0.25, 0.3) is 0 Å². The molecule has 0 radical (unpaired) electrons. The first-order valence-corrected chi connectivity index (χ1v) is 19.4. The molecule has 4 atom stereocenters. The van der Waals surface area contributed by atoms with Crippen LogP contribution in [0, 0.1) is 11.8 Å². The predicted octanol–water partition coefficient (Wildman–Crippen LogP) is 2.56. The van der Waals surface area contributed by atoms with Crippen LogP contribution in [-0.2, 0) is 34.4 Å². The third-order valence-corrected chi connectivity index (χ3v) is 11.8. The van der Waals surface area contributed by atoms with Gasteiger partial charge in [0, 0.05) is 50.5 Å². The zero-order chi connectivity index (χ0) is 34.5. The van der Waals surface area contributed by atoms with Gasteiger partial charge in [0.2, 0.25) is 11.2 Å². The van der Waals surface area contributed by atoms with E-state index in [1.165, 1.54) is 0 Å². The Morgan fingerprint density at radius 3 is 1.77 bits per heavy atom. The SMILES string of the molecule is CC(C)[C@H](CO)Nc1nc(Cl)nc2c1S(=O)CC2.CC(C)[C@H](CO)Nc1nc(N2CCN(c3ccc(Cl)nn3)CC2)nc2c1S(=O)CC2. The first-order chi connectivity index (χ1) is 23.0. The molecule has 18 heteroatoms. The summed E-state index contributed by atoms with van der Waals surface area (Å²) in [6, 6.07) is 3.31. The van der Waals surface area contributed by atoms with Crippen LogP contribution in [0.2, 0.25) is 10.4 Å². The fourth-order valence-electron chi connectivity index (χ4n) is 5.50. The molecule has 0 aromatic carbocycles. The molecule has 262 valence electrons. The van der Waals surface area contributed by atoms with E-state index in [1.807, 2.05) is 33.8 Å². The number of aliphatic hydroxyl groups excluding tert-OH is 2. The van der Waals surface area contributed by atoms with E-state index in [0.717, 1.165) is 43.4 Å². The number of halogens is 2. The zero-order valence-corrected chi connectivity index (χ0v) is 30.5. The maximum Gasteiger partial charge on any atom is 0.227 e. The summed E-state index contributed by atoms with van der Waals surface area (Å²) in [5, 5.41) is 34.1. The van der Waals surface area contributed by atoms with Crippen LogP contribution < -0.4 is 20.4 Å². The number of aromatic nitrogens is 6. The molecule has 0 spiro atoms. The van der Waals surface area contributed by atoms with Crippen molar-refractivity contribution in [1.29, 1.82) is 0 Å². The number of hydrogen-bond acceptors (Lipinski definition) is 14. The molecule has 6 heterocycles. The monoisotopic (exact) mass is 740 g/mol. The molecule has 1 fully saturated rings. The highest BCUT2D eigenvalue weighted by molar-refractivity contribution is 7.85. The number of aryl methyl sites for hydroxylation is 2. The Labute approximate surface area is 295 Å². The maximum absolute atomic E-state index is 12.5. The van der Waals surface area contributed by atoms with Gasteiger partial charge in [-0.3, -0.25) is 8.42 Å². The number of hydrogen-bond donors (Lipinski definition) is 4. The molecule has 1 saturated heterocycles. The lowest BCUT2D eigenvalue weighted by Gasteiger charge is -2.35. The van der Waals surface area contributed by atoms with Gasteiger partial charge in [-0.25, -0.2) is 9.97 Å². The second-order valence-electron chi connectivity index (χ2n) is 12.4.